The average Bonchev–Trinajstić information content (AvgIpc) is 2.16. The minimum atomic E-state index is -4.12. The third-order valence-electron chi connectivity index (χ3n) is 2.00. The van der Waals surface area contributed by atoms with Crippen LogP contribution in [-0.2, 0) is 16.5 Å². The molecule has 0 aromatic heterocycles. The Labute approximate surface area is 123 Å². The van der Waals surface area contributed by atoms with Crippen molar-refractivity contribution in [1.82, 2.24) is 0 Å². The molecule has 0 fully saturated rings. The van der Waals surface area contributed by atoms with Crippen molar-refractivity contribution >= 4 is 51.4 Å². The standard InChI is InChI=1S/C10H14O3S2.Na.H/c1-3-8-6-5-7-9(14-4-2)10(8)15(11,12)13;;/h5-7H,3-4H2,1-2H3,(H,11,12,13);;. The third kappa shape index (κ3) is 4.05. The Hall–Kier alpha value is 0.480. The summed E-state index contributed by atoms with van der Waals surface area (Å²) in [7, 11) is -4.12. The van der Waals surface area contributed by atoms with Gasteiger partial charge in [0.05, 0.1) is 0 Å². The number of hydrogen-bond donors (Lipinski definition) is 1. The van der Waals surface area contributed by atoms with Crippen LogP contribution in [0.2, 0.25) is 0 Å². The summed E-state index contributed by atoms with van der Waals surface area (Å²) in [6.45, 7) is 3.81. The molecule has 0 bridgehead atoms. The van der Waals surface area contributed by atoms with Crippen LogP contribution in [0.3, 0.4) is 0 Å². The van der Waals surface area contributed by atoms with Crippen molar-refractivity contribution in [2.45, 2.75) is 30.1 Å². The van der Waals surface area contributed by atoms with Gasteiger partial charge in [0.25, 0.3) is 10.1 Å². The molecule has 1 rings (SSSR count). The van der Waals surface area contributed by atoms with E-state index < -0.39 is 10.1 Å². The van der Waals surface area contributed by atoms with Gasteiger partial charge in [-0.1, -0.05) is 26.0 Å². The monoisotopic (exact) mass is 270 g/mol. The van der Waals surface area contributed by atoms with Gasteiger partial charge in [-0.2, -0.15) is 8.42 Å². The molecule has 1 aromatic carbocycles. The van der Waals surface area contributed by atoms with E-state index in [1.54, 1.807) is 12.1 Å². The first-order chi connectivity index (χ1) is 7.00. The van der Waals surface area contributed by atoms with Crippen LogP contribution in [-0.4, -0.2) is 48.3 Å². The van der Waals surface area contributed by atoms with Crippen LogP contribution in [0.5, 0.6) is 0 Å². The molecule has 0 unspecified atom stereocenters. The van der Waals surface area contributed by atoms with Gasteiger partial charge in [-0.25, -0.2) is 0 Å². The molecule has 0 aliphatic heterocycles. The minimum absolute atomic E-state index is 0. The van der Waals surface area contributed by atoms with Crippen LogP contribution in [0.4, 0.5) is 0 Å². The van der Waals surface area contributed by atoms with Gasteiger partial charge in [-0.05, 0) is 23.8 Å². The topological polar surface area (TPSA) is 54.4 Å². The molecule has 0 amide bonds. The first kappa shape index (κ1) is 16.5. The van der Waals surface area contributed by atoms with Gasteiger partial charge in [0.15, 0.2) is 0 Å². The number of thioether (sulfide) groups is 1. The average molecular weight is 270 g/mol. The van der Waals surface area contributed by atoms with Crippen LogP contribution in [0.25, 0.3) is 0 Å². The Bertz CT molecular complexity index is 443. The van der Waals surface area contributed by atoms with Gasteiger partial charge in [-0.15, -0.1) is 11.8 Å². The zero-order valence-electron chi connectivity index (χ0n) is 8.73. The van der Waals surface area contributed by atoms with E-state index >= 15 is 0 Å². The van der Waals surface area contributed by atoms with Gasteiger partial charge in [0.1, 0.15) is 4.90 Å². The van der Waals surface area contributed by atoms with E-state index in [1.165, 1.54) is 11.8 Å². The maximum atomic E-state index is 11.3. The second-order valence-electron chi connectivity index (χ2n) is 3.01. The number of benzene rings is 1. The van der Waals surface area contributed by atoms with Crippen molar-refractivity contribution < 1.29 is 13.0 Å². The molecular weight excluding hydrogens is 255 g/mol. The first-order valence-corrected chi connectivity index (χ1v) is 7.15. The van der Waals surface area contributed by atoms with Gasteiger partial charge in [-0.3, -0.25) is 4.55 Å². The van der Waals surface area contributed by atoms with E-state index in [9.17, 15) is 8.42 Å². The summed E-state index contributed by atoms with van der Waals surface area (Å²) in [5, 5.41) is 0. The second kappa shape index (κ2) is 7.03. The molecule has 1 aromatic rings. The van der Waals surface area contributed by atoms with E-state index in [-0.39, 0.29) is 34.5 Å². The molecule has 6 heteroatoms. The van der Waals surface area contributed by atoms with Crippen LogP contribution in [0.15, 0.2) is 28.0 Å². The Balaban J connectivity index is 0.00000225. The molecule has 0 radical (unpaired) electrons. The van der Waals surface area contributed by atoms with E-state index in [0.717, 1.165) is 5.75 Å². The second-order valence-corrected chi connectivity index (χ2v) is 5.67. The van der Waals surface area contributed by atoms with Crippen LogP contribution >= 0.6 is 11.8 Å². The predicted octanol–water partition coefficient (Wildman–Crippen LogP) is 1.96. The van der Waals surface area contributed by atoms with E-state index in [2.05, 4.69) is 0 Å². The molecule has 0 heterocycles. The van der Waals surface area contributed by atoms with E-state index in [1.807, 2.05) is 19.9 Å². The van der Waals surface area contributed by atoms with Gasteiger partial charge < -0.3 is 0 Å². The molecule has 16 heavy (non-hydrogen) atoms. The Morgan fingerprint density at radius 3 is 2.38 bits per heavy atom. The molecule has 0 aliphatic rings. The fraction of sp³-hybridized carbons (Fsp3) is 0.400. The molecule has 0 spiro atoms. The van der Waals surface area contributed by atoms with Crippen LogP contribution < -0.4 is 0 Å². The van der Waals surface area contributed by atoms with Crippen molar-refractivity contribution in [3.63, 3.8) is 0 Å². The maximum absolute atomic E-state index is 11.3. The quantitative estimate of drug-likeness (QED) is 0.516. The van der Waals surface area contributed by atoms with Crippen molar-refractivity contribution in [1.29, 1.82) is 0 Å². The molecule has 0 saturated carbocycles. The summed E-state index contributed by atoms with van der Waals surface area (Å²) in [6.07, 6.45) is 0.591. The van der Waals surface area contributed by atoms with E-state index in [4.69, 9.17) is 4.55 Å². The molecule has 1 N–H and O–H groups in total. The number of hydrogen-bond acceptors (Lipinski definition) is 3. The predicted molar refractivity (Wildman–Crippen MR) is 69.2 cm³/mol. The molecule has 86 valence electrons. The fourth-order valence-electron chi connectivity index (χ4n) is 1.40. The molecule has 0 atom stereocenters. The molecular formula is C10H15NaO3S2. The summed E-state index contributed by atoms with van der Waals surface area (Å²) >= 11 is 1.42. The number of rotatable bonds is 4. The third-order valence-corrected chi connectivity index (χ3v) is 4.07. The Kier molecular flexibility index (Phi) is 7.25. The zero-order chi connectivity index (χ0) is 11.5. The molecule has 3 nitrogen and oxygen atoms in total. The van der Waals surface area contributed by atoms with Crippen LogP contribution in [0.1, 0.15) is 19.4 Å². The summed E-state index contributed by atoms with van der Waals surface area (Å²) in [5.74, 6) is 0.773. The zero-order valence-corrected chi connectivity index (χ0v) is 10.4. The van der Waals surface area contributed by atoms with Crippen LogP contribution in [0, 0.1) is 0 Å². The van der Waals surface area contributed by atoms with E-state index in [0.29, 0.717) is 16.9 Å². The summed E-state index contributed by atoms with van der Waals surface area (Å²) in [4.78, 5) is 0.693. The normalized spacial score (nSPS) is 10.9. The summed E-state index contributed by atoms with van der Waals surface area (Å²) < 4.78 is 31.7. The van der Waals surface area contributed by atoms with Crippen molar-refractivity contribution in [3.05, 3.63) is 23.8 Å². The Morgan fingerprint density at radius 2 is 1.94 bits per heavy atom. The van der Waals surface area contributed by atoms with Crippen molar-refractivity contribution in [2.75, 3.05) is 5.75 Å². The van der Waals surface area contributed by atoms with Crippen molar-refractivity contribution in [3.8, 4) is 0 Å². The summed E-state index contributed by atoms with van der Waals surface area (Å²) in [5.41, 5.74) is 0.663. The molecule has 0 saturated heterocycles. The van der Waals surface area contributed by atoms with Gasteiger partial charge in [0.2, 0.25) is 0 Å². The van der Waals surface area contributed by atoms with Gasteiger partial charge in [0, 0.05) is 4.90 Å². The Morgan fingerprint density at radius 1 is 1.31 bits per heavy atom. The summed E-state index contributed by atoms with van der Waals surface area (Å²) in [6, 6.07) is 5.25. The fourth-order valence-corrected chi connectivity index (χ4v) is 3.51. The van der Waals surface area contributed by atoms with Crippen molar-refractivity contribution in [2.24, 2.45) is 0 Å². The first-order valence-electron chi connectivity index (χ1n) is 4.72. The molecule has 0 aliphatic carbocycles. The van der Waals surface area contributed by atoms with Gasteiger partial charge >= 0.3 is 29.6 Å². The number of aryl methyl sites for hydroxylation is 1. The SMILES string of the molecule is CCSc1cccc(CC)c1S(=O)(=O)O.[NaH].